The van der Waals surface area contributed by atoms with Crippen LogP contribution in [0.1, 0.15) is 30.9 Å². The topological polar surface area (TPSA) is 49.4 Å². The van der Waals surface area contributed by atoms with Gasteiger partial charge >= 0.3 is 0 Å². The fourth-order valence-corrected chi connectivity index (χ4v) is 4.25. The summed E-state index contributed by atoms with van der Waals surface area (Å²) in [6, 6.07) is 26.5. The van der Waals surface area contributed by atoms with Crippen molar-refractivity contribution in [1.82, 2.24) is 0 Å². The summed E-state index contributed by atoms with van der Waals surface area (Å²) in [5, 5.41) is 4.90. The molecule has 1 aliphatic rings. The number of rotatable bonds is 5. The number of carbonyl (C=O) groups is 2. The zero-order valence-corrected chi connectivity index (χ0v) is 18.9. The molecule has 0 fully saturated rings. The summed E-state index contributed by atoms with van der Waals surface area (Å²) in [6.45, 7) is 4.22. The maximum absolute atomic E-state index is 13.7. The molecule has 1 aliphatic heterocycles. The van der Waals surface area contributed by atoms with Crippen LogP contribution < -0.4 is 10.2 Å². The van der Waals surface area contributed by atoms with Crippen molar-refractivity contribution in [2.24, 2.45) is 0 Å². The van der Waals surface area contributed by atoms with E-state index < -0.39 is 17.6 Å². The third-order valence-electron chi connectivity index (χ3n) is 6.07. The van der Waals surface area contributed by atoms with Crippen molar-refractivity contribution in [2.75, 3.05) is 10.2 Å². The van der Waals surface area contributed by atoms with Crippen LogP contribution in [0.3, 0.4) is 0 Å². The number of fused-ring (bicyclic) bond motifs is 1. The summed E-state index contributed by atoms with van der Waals surface area (Å²) in [4.78, 5) is 28.6. The van der Waals surface area contributed by atoms with Gasteiger partial charge in [-0.25, -0.2) is 9.29 Å². The van der Waals surface area contributed by atoms with Crippen molar-refractivity contribution in [2.45, 2.75) is 19.8 Å². The van der Waals surface area contributed by atoms with Gasteiger partial charge in [0.05, 0.1) is 11.3 Å². The molecule has 0 aromatic heterocycles. The highest BCUT2D eigenvalue weighted by atomic mass is 19.1. The third-order valence-corrected chi connectivity index (χ3v) is 6.07. The standard InChI is InChI=1S/C29H23FN2O2/c1-18(2)19-12-16-23(17-13-19)31-27-26(21-10-14-22(30)15-11-21)28(33)32(29(27)34)25-9-5-7-20-6-3-4-8-24(20)25/h3-18,31H,1-2H3. The van der Waals surface area contributed by atoms with E-state index in [4.69, 9.17) is 0 Å². The third kappa shape index (κ3) is 3.75. The Balaban J connectivity index is 1.62. The quantitative estimate of drug-likeness (QED) is 0.353. The molecule has 0 saturated carbocycles. The normalized spacial score (nSPS) is 13.9. The predicted molar refractivity (Wildman–Crippen MR) is 134 cm³/mol. The lowest BCUT2D eigenvalue weighted by molar-refractivity contribution is -0.120. The van der Waals surface area contributed by atoms with E-state index in [1.54, 1.807) is 6.07 Å². The molecule has 5 heteroatoms. The number of benzene rings is 4. The van der Waals surface area contributed by atoms with Crippen LogP contribution in [0.5, 0.6) is 0 Å². The van der Waals surface area contributed by atoms with Crippen LogP contribution in [0, 0.1) is 5.82 Å². The first kappa shape index (κ1) is 21.6. The molecule has 5 rings (SSSR count). The minimum atomic E-state index is -0.450. The number of imide groups is 1. The van der Waals surface area contributed by atoms with E-state index in [1.807, 2.05) is 60.7 Å². The van der Waals surface area contributed by atoms with E-state index in [9.17, 15) is 14.0 Å². The molecule has 0 unspecified atom stereocenters. The molecule has 4 aromatic carbocycles. The Kier molecular flexibility index (Phi) is 5.46. The van der Waals surface area contributed by atoms with Crippen LogP contribution >= 0.6 is 0 Å². The molecule has 2 amide bonds. The highest BCUT2D eigenvalue weighted by molar-refractivity contribution is 6.47. The van der Waals surface area contributed by atoms with E-state index in [0.29, 0.717) is 22.9 Å². The Morgan fingerprint density at radius 2 is 1.44 bits per heavy atom. The average Bonchev–Trinajstić information content (AvgIpc) is 3.08. The highest BCUT2D eigenvalue weighted by Gasteiger charge is 2.40. The number of amides is 2. The largest absolute Gasteiger partial charge is 0.350 e. The van der Waals surface area contributed by atoms with Crippen LogP contribution in [0.15, 0.2) is 96.7 Å². The van der Waals surface area contributed by atoms with Crippen molar-refractivity contribution in [3.05, 3.63) is 114 Å². The summed E-state index contributed by atoms with van der Waals surface area (Å²) in [6.07, 6.45) is 0. The maximum Gasteiger partial charge on any atom is 0.282 e. The Bertz CT molecular complexity index is 1430. The van der Waals surface area contributed by atoms with Gasteiger partial charge in [0, 0.05) is 11.1 Å². The predicted octanol–water partition coefficient (Wildman–Crippen LogP) is 6.50. The van der Waals surface area contributed by atoms with Gasteiger partial charge in [-0.2, -0.15) is 0 Å². The second kappa shape index (κ2) is 8.60. The Morgan fingerprint density at radius 1 is 0.765 bits per heavy atom. The number of carbonyl (C=O) groups excluding carboxylic acids is 2. The van der Waals surface area contributed by atoms with Gasteiger partial charge in [0.25, 0.3) is 11.8 Å². The summed E-state index contributed by atoms with van der Waals surface area (Å²) in [7, 11) is 0. The fraction of sp³-hybridized carbons (Fsp3) is 0.103. The van der Waals surface area contributed by atoms with Crippen LogP contribution in [-0.4, -0.2) is 11.8 Å². The van der Waals surface area contributed by atoms with Gasteiger partial charge in [-0.1, -0.05) is 74.5 Å². The monoisotopic (exact) mass is 450 g/mol. The first-order chi connectivity index (χ1) is 16.4. The first-order valence-corrected chi connectivity index (χ1v) is 11.2. The number of hydrogen-bond acceptors (Lipinski definition) is 3. The van der Waals surface area contributed by atoms with Gasteiger partial charge in [-0.3, -0.25) is 9.59 Å². The number of halogens is 1. The lowest BCUT2D eigenvalue weighted by Gasteiger charge is -2.18. The molecule has 168 valence electrons. The molecule has 0 aliphatic carbocycles. The molecule has 4 aromatic rings. The zero-order chi connectivity index (χ0) is 23.8. The Morgan fingerprint density at radius 3 is 2.15 bits per heavy atom. The Labute approximate surface area is 197 Å². The smallest absolute Gasteiger partial charge is 0.282 e. The van der Waals surface area contributed by atoms with Crippen LogP contribution in [0.2, 0.25) is 0 Å². The summed E-state index contributed by atoms with van der Waals surface area (Å²) < 4.78 is 13.6. The number of nitrogens with zero attached hydrogens (tertiary/aromatic N) is 1. The van der Waals surface area contributed by atoms with Gasteiger partial charge < -0.3 is 5.32 Å². The summed E-state index contributed by atoms with van der Waals surface area (Å²) in [5.74, 6) is -0.937. The van der Waals surface area contributed by atoms with Gasteiger partial charge in [0.15, 0.2) is 0 Å². The molecule has 0 bridgehead atoms. The molecule has 0 saturated heterocycles. The zero-order valence-electron chi connectivity index (χ0n) is 18.9. The Hall–Kier alpha value is -4.25. The van der Waals surface area contributed by atoms with Crippen molar-refractivity contribution >= 4 is 39.5 Å². The molecule has 1 N–H and O–H groups in total. The van der Waals surface area contributed by atoms with E-state index in [2.05, 4.69) is 19.2 Å². The molecule has 0 spiro atoms. The summed E-state index contributed by atoms with van der Waals surface area (Å²) in [5.41, 5.74) is 3.24. The van der Waals surface area contributed by atoms with Crippen molar-refractivity contribution in [1.29, 1.82) is 0 Å². The molecule has 34 heavy (non-hydrogen) atoms. The molecule has 1 heterocycles. The summed E-state index contributed by atoms with van der Waals surface area (Å²) >= 11 is 0. The minimum absolute atomic E-state index is 0.168. The highest BCUT2D eigenvalue weighted by Crippen LogP contribution is 2.37. The molecular weight excluding hydrogens is 427 g/mol. The second-order valence-corrected chi connectivity index (χ2v) is 8.60. The van der Waals surface area contributed by atoms with E-state index in [0.717, 1.165) is 10.8 Å². The van der Waals surface area contributed by atoms with Crippen LogP contribution in [-0.2, 0) is 9.59 Å². The van der Waals surface area contributed by atoms with Gasteiger partial charge in [0.1, 0.15) is 11.5 Å². The van der Waals surface area contributed by atoms with Crippen molar-refractivity contribution < 1.29 is 14.0 Å². The van der Waals surface area contributed by atoms with Gasteiger partial charge in [0.2, 0.25) is 0 Å². The lowest BCUT2D eigenvalue weighted by Crippen LogP contribution is -2.32. The number of anilines is 2. The van der Waals surface area contributed by atoms with Gasteiger partial charge in [-0.15, -0.1) is 0 Å². The molecule has 0 radical (unpaired) electrons. The van der Waals surface area contributed by atoms with Gasteiger partial charge in [-0.05, 0) is 52.8 Å². The van der Waals surface area contributed by atoms with Crippen LogP contribution in [0.4, 0.5) is 15.8 Å². The minimum Gasteiger partial charge on any atom is -0.350 e. The number of nitrogens with one attached hydrogen (secondary N) is 1. The number of hydrogen-bond donors (Lipinski definition) is 1. The molecular formula is C29H23FN2O2. The lowest BCUT2D eigenvalue weighted by atomic mass is 10.0. The molecule has 0 atom stereocenters. The second-order valence-electron chi connectivity index (χ2n) is 8.60. The fourth-order valence-electron chi connectivity index (χ4n) is 4.25. The van der Waals surface area contributed by atoms with Crippen molar-refractivity contribution in [3.8, 4) is 0 Å². The first-order valence-electron chi connectivity index (χ1n) is 11.2. The van der Waals surface area contributed by atoms with Crippen LogP contribution in [0.25, 0.3) is 16.3 Å². The van der Waals surface area contributed by atoms with E-state index >= 15 is 0 Å². The maximum atomic E-state index is 13.7. The van der Waals surface area contributed by atoms with Crippen molar-refractivity contribution in [3.63, 3.8) is 0 Å². The SMILES string of the molecule is CC(C)c1ccc(NC2=C(c3ccc(F)cc3)C(=O)N(c3cccc4ccccc34)C2=O)cc1. The average molecular weight is 451 g/mol. The van der Waals surface area contributed by atoms with E-state index in [1.165, 1.54) is 34.7 Å². The van der Waals surface area contributed by atoms with E-state index in [-0.39, 0.29) is 11.3 Å². The molecule has 4 nitrogen and oxygen atoms in total.